The number of unbranched alkanes of at least 4 members (excludes halogenated alkanes) is 1. The molecule has 0 spiro atoms. The fraction of sp³-hybridized carbons (Fsp3) is 0.679. The highest BCUT2D eigenvalue weighted by Gasteiger charge is 2.39. The molecule has 0 aliphatic carbocycles. The molecule has 7 nitrogen and oxygen atoms in total. The Morgan fingerprint density at radius 1 is 1.03 bits per heavy atom. The van der Waals surface area contributed by atoms with Gasteiger partial charge in [0.05, 0.1) is 0 Å². The zero-order chi connectivity index (χ0) is 27.0. The van der Waals surface area contributed by atoms with Crippen molar-refractivity contribution < 1.29 is 19.1 Å². The number of rotatable bonds is 10. The van der Waals surface area contributed by atoms with Gasteiger partial charge in [0, 0.05) is 12.1 Å². The Balaban J connectivity index is 3.54. The van der Waals surface area contributed by atoms with Gasteiger partial charge >= 0.3 is 6.09 Å². The molecule has 3 atom stereocenters. The highest BCUT2D eigenvalue weighted by Crippen LogP contribution is 2.28. The van der Waals surface area contributed by atoms with Crippen LogP contribution in [-0.4, -0.2) is 46.5 Å². The van der Waals surface area contributed by atoms with Gasteiger partial charge in [-0.1, -0.05) is 57.9 Å². The van der Waals surface area contributed by atoms with Crippen molar-refractivity contribution in [3.8, 4) is 0 Å². The van der Waals surface area contributed by atoms with Crippen LogP contribution in [0, 0.1) is 12.8 Å². The van der Waals surface area contributed by atoms with Gasteiger partial charge in [-0.25, -0.2) is 4.79 Å². The number of hydrogen-bond acceptors (Lipinski definition) is 4. The van der Waals surface area contributed by atoms with Crippen LogP contribution in [0.15, 0.2) is 24.3 Å². The predicted octanol–water partition coefficient (Wildman–Crippen LogP) is 5.52. The fourth-order valence-corrected chi connectivity index (χ4v) is 3.77. The van der Waals surface area contributed by atoms with E-state index in [9.17, 15) is 14.4 Å². The average Bonchev–Trinajstić information content (AvgIpc) is 2.72. The lowest BCUT2D eigenvalue weighted by Crippen LogP contribution is -2.56. The Kier molecular flexibility index (Phi) is 11.3. The summed E-state index contributed by atoms with van der Waals surface area (Å²) in [4.78, 5) is 42.1. The number of nitrogens with one attached hydrogen (secondary N) is 2. The van der Waals surface area contributed by atoms with Gasteiger partial charge in [-0.2, -0.15) is 0 Å². The fourth-order valence-electron chi connectivity index (χ4n) is 3.77. The lowest BCUT2D eigenvalue weighted by atomic mass is 9.93. The maximum absolute atomic E-state index is 14.1. The minimum atomic E-state index is -0.819. The lowest BCUT2D eigenvalue weighted by molar-refractivity contribution is -0.144. The van der Waals surface area contributed by atoms with E-state index in [2.05, 4.69) is 10.6 Å². The maximum Gasteiger partial charge on any atom is 0.408 e. The predicted molar refractivity (Wildman–Crippen MR) is 141 cm³/mol. The van der Waals surface area contributed by atoms with Crippen molar-refractivity contribution >= 4 is 17.9 Å². The zero-order valence-corrected chi connectivity index (χ0v) is 23.5. The summed E-state index contributed by atoms with van der Waals surface area (Å²) in [5, 5.41) is 5.87. The van der Waals surface area contributed by atoms with Gasteiger partial charge in [-0.15, -0.1) is 0 Å². The standard InChI is InChI=1S/C28H47N3O4/c1-11-13-18-31(25(33)22(19(3)12-2)29-26(34)35-28(8,9)10)23(24(32)30-27(5,6)7)21-17-15-14-16-20(21)4/h14-17,19,22-23H,11-13,18H2,1-10H3,(H,29,34)(H,30,32). The first-order valence-corrected chi connectivity index (χ1v) is 12.8. The number of alkyl carbamates (subject to hydrolysis) is 1. The molecule has 0 fully saturated rings. The van der Waals surface area contributed by atoms with E-state index in [1.165, 1.54) is 0 Å². The molecular weight excluding hydrogens is 442 g/mol. The third kappa shape index (κ3) is 9.90. The molecule has 0 heterocycles. The minimum Gasteiger partial charge on any atom is -0.444 e. The van der Waals surface area contributed by atoms with E-state index in [0.29, 0.717) is 13.0 Å². The van der Waals surface area contributed by atoms with Crippen molar-refractivity contribution in [3.05, 3.63) is 35.4 Å². The van der Waals surface area contributed by atoms with Crippen molar-refractivity contribution in [2.24, 2.45) is 5.92 Å². The van der Waals surface area contributed by atoms with Gasteiger partial charge < -0.3 is 20.3 Å². The number of hydrogen-bond donors (Lipinski definition) is 2. The molecular formula is C28H47N3O4. The van der Waals surface area contributed by atoms with Crippen molar-refractivity contribution in [1.29, 1.82) is 0 Å². The summed E-state index contributed by atoms with van der Waals surface area (Å²) in [5.41, 5.74) is 0.545. The number of benzene rings is 1. The summed E-state index contributed by atoms with van der Waals surface area (Å²) in [6.07, 6.45) is 1.63. The van der Waals surface area contributed by atoms with Crippen LogP contribution in [0.25, 0.3) is 0 Å². The zero-order valence-electron chi connectivity index (χ0n) is 23.5. The molecule has 0 saturated carbocycles. The molecule has 3 unspecified atom stereocenters. The van der Waals surface area contributed by atoms with E-state index in [0.717, 1.165) is 24.0 Å². The molecule has 198 valence electrons. The topological polar surface area (TPSA) is 87.7 Å². The molecule has 1 aromatic rings. The van der Waals surface area contributed by atoms with Crippen LogP contribution in [0.2, 0.25) is 0 Å². The lowest BCUT2D eigenvalue weighted by Gasteiger charge is -2.37. The average molecular weight is 490 g/mol. The van der Waals surface area contributed by atoms with Gasteiger partial charge in [0.15, 0.2) is 0 Å². The summed E-state index contributed by atoms with van der Waals surface area (Å²) >= 11 is 0. The first-order valence-electron chi connectivity index (χ1n) is 12.8. The molecule has 0 bridgehead atoms. The SMILES string of the molecule is CCCCN(C(=O)C(NC(=O)OC(C)(C)C)C(C)CC)C(C(=O)NC(C)(C)C)c1ccccc1C. The van der Waals surface area contributed by atoms with Crippen molar-refractivity contribution in [3.63, 3.8) is 0 Å². The largest absolute Gasteiger partial charge is 0.444 e. The Bertz CT molecular complexity index is 854. The maximum atomic E-state index is 14.1. The molecule has 0 aromatic heterocycles. The number of carbonyl (C=O) groups excluding carboxylic acids is 3. The van der Waals surface area contributed by atoms with Crippen LogP contribution < -0.4 is 10.6 Å². The van der Waals surface area contributed by atoms with E-state index in [-0.39, 0.29) is 17.7 Å². The molecule has 7 heteroatoms. The molecule has 1 rings (SSSR count). The van der Waals surface area contributed by atoms with Crippen LogP contribution >= 0.6 is 0 Å². The second-order valence-corrected chi connectivity index (χ2v) is 11.4. The molecule has 0 aliphatic rings. The van der Waals surface area contributed by atoms with Crippen LogP contribution in [0.1, 0.15) is 98.7 Å². The summed E-state index contributed by atoms with van der Waals surface area (Å²) in [7, 11) is 0. The second kappa shape index (κ2) is 12.9. The van der Waals surface area contributed by atoms with Gasteiger partial charge in [0.25, 0.3) is 0 Å². The van der Waals surface area contributed by atoms with E-state index in [4.69, 9.17) is 4.74 Å². The summed E-state index contributed by atoms with van der Waals surface area (Å²) in [6, 6.07) is 6.01. The monoisotopic (exact) mass is 489 g/mol. The van der Waals surface area contributed by atoms with Gasteiger partial charge in [0.2, 0.25) is 11.8 Å². The third-order valence-electron chi connectivity index (χ3n) is 5.73. The molecule has 2 N–H and O–H groups in total. The van der Waals surface area contributed by atoms with E-state index < -0.39 is 29.3 Å². The van der Waals surface area contributed by atoms with E-state index in [1.807, 2.05) is 72.7 Å². The Morgan fingerprint density at radius 2 is 1.63 bits per heavy atom. The van der Waals surface area contributed by atoms with Crippen LogP contribution in [0.3, 0.4) is 0 Å². The number of amides is 3. The number of nitrogens with zero attached hydrogens (tertiary/aromatic N) is 1. The third-order valence-corrected chi connectivity index (χ3v) is 5.73. The van der Waals surface area contributed by atoms with Crippen molar-refractivity contribution in [2.75, 3.05) is 6.54 Å². The first-order chi connectivity index (χ1) is 16.1. The van der Waals surface area contributed by atoms with E-state index >= 15 is 0 Å². The van der Waals surface area contributed by atoms with Crippen LogP contribution in [-0.2, 0) is 14.3 Å². The van der Waals surface area contributed by atoms with Gasteiger partial charge in [-0.05, 0) is 71.9 Å². The summed E-state index contributed by atoms with van der Waals surface area (Å²) < 4.78 is 5.45. The molecule has 0 radical (unpaired) electrons. The highest BCUT2D eigenvalue weighted by molar-refractivity contribution is 5.92. The molecule has 35 heavy (non-hydrogen) atoms. The summed E-state index contributed by atoms with van der Waals surface area (Å²) in [5.74, 6) is -0.672. The smallest absolute Gasteiger partial charge is 0.408 e. The first kappa shape index (κ1) is 30.5. The van der Waals surface area contributed by atoms with E-state index in [1.54, 1.807) is 25.7 Å². The second-order valence-electron chi connectivity index (χ2n) is 11.4. The number of carbonyl (C=O) groups is 3. The molecule has 0 saturated heterocycles. The van der Waals surface area contributed by atoms with Crippen molar-refractivity contribution in [1.82, 2.24) is 15.5 Å². The summed E-state index contributed by atoms with van der Waals surface area (Å²) in [6.45, 7) is 19.4. The van der Waals surface area contributed by atoms with Crippen LogP contribution in [0.4, 0.5) is 4.79 Å². The molecule has 1 aromatic carbocycles. The Labute approximate surface area is 212 Å². The Morgan fingerprint density at radius 3 is 2.11 bits per heavy atom. The number of ether oxygens (including phenoxy) is 1. The van der Waals surface area contributed by atoms with Gasteiger partial charge in [0.1, 0.15) is 17.7 Å². The number of aryl methyl sites for hydroxylation is 1. The normalized spacial score (nSPS) is 14.5. The van der Waals surface area contributed by atoms with Crippen molar-refractivity contribution in [2.45, 2.75) is 112 Å². The van der Waals surface area contributed by atoms with Gasteiger partial charge in [-0.3, -0.25) is 9.59 Å². The van der Waals surface area contributed by atoms with Crippen LogP contribution in [0.5, 0.6) is 0 Å². The highest BCUT2D eigenvalue weighted by atomic mass is 16.6. The quantitative estimate of drug-likeness (QED) is 0.453. The molecule has 0 aliphatic heterocycles. The Hall–Kier alpha value is -2.57. The minimum absolute atomic E-state index is 0.151. The molecule has 3 amide bonds.